The lowest BCUT2D eigenvalue weighted by molar-refractivity contribution is 0.755. The summed E-state index contributed by atoms with van der Waals surface area (Å²) >= 11 is 0. The lowest BCUT2D eigenvalue weighted by Gasteiger charge is -2.02. The monoisotopic (exact) mass is 191 g/mol. The minimum absolute atomic E-state index is 0.535. The fourth-order valence-corrected chi connectivity index (χ4v) is 1.46. The summed E-state index contributed by atoms with van der Waals surface area (Å²) in [6.07, 6.45) is 5.55. The second kappa shape index (κ2) is 3.17. The molecule has 2 rings (SSSR count). The zero-order chi connectivity index (χ0) is 10.1. The Balaban J connectivity index is 2.27. The smallest absolute Gasteiger partial charge is 0.200 e. The number of hydrogen-bond donors (Lipinski definition) is 1. The Kier molecular flexibility index (Phi) is 1.99. The highest BCUT2D eigenvalue weighted by molar-refractivity contribution is 5.22. The van der Waals surface area contributed by atoms with Gasteiger partial charge in [0, 0.05) is 31.2 Å². The van der Waals surface area contributed by atoms with Crippen LogP contribution in [0, 0.1) is 6.92 Å². The van der Waals surface area contributed by atoms with E-state index in [1.54, 1.807) is 10.9 Å². The van der Waals surface area contributed by atoms with Crippen LogP contribution in [0.25, 0.3) is 0 Å². The summed E-state index contributed by atoms with van der Waals surface area (Å²) < 4.78 is 3.70. The van der Waals surface area contributed by atoms with Crippen molar-refractivity contribution < 1.29 is 0 Å². The van der Waals surface area contributed by atoms with Crippen LogP contribution in [-0.2, 0) is 13.6 Å². The first-order valence-electron chi connectivity index (χ1n) is 4.42. The maximum atomic E-state index is 5.67. The molecular weight excluding hydrogens is 178 g/mol. The molecule has 2 aromatic heterocycles. The molecule has 74 valence electrons. The van der Waals surface area contributed by atoms with Crippen LogP contribution in [0.4, 0.5) is 5.95 Å². The van der Waals surface area contributed by atoms with Crippen LogP contribution in [-0.4, -0.2) is 19.3 Å². The van der Waals surface area contributed by atoms with E-state index in [-0.39, 0.29) is 0 Å². The van der Waals surface area contributed by atoms with Gasteiger partial charge in [0.15, 0.2) is 5.95 Å². The van der Waals surface area contributed by atoms with Crippen molar-refractivity contribution in [2.75, 3.05) is 5.73 Å². The van der Waals surface area contributed by atoms with Crippen LogP contribution in [0.2, 0.25) is 0 Å². The second-order valence-electron chi connectivity index (χ2n) is 3.33. The number of rotatable bonds is 2. The molecule has 0 bridgehead atoms. The molecule has 0 fully saturated rings. The van der Waals surface area contributed by atoms with Gasteiger partial charge in [-0.25, -0.2) is 4.98 Å². The third kappa shape index (κ3) is 1.48. The van der Waals surface area contributed by atoms with E-state index in [1.807, 2.05) is 30.9 Å². The van der Waals surface area contributed by atoms with E-state index >= 15 is 0 Å². The molecule has 0 aliphatic rings. The summed E-state index contributed by atoms with van der Waals surface area (Å²) in [5.41, 5.74) is 7.86. The third-order valence-corrected chi connectivity index (χ3v) is 2.20. The molecule has 2 heterocycles. The van der Waals surface area contributed by atoms with Gasteiger partial charge in [0.05, 0.1) is 12.2 Å². The number of aryl methyl sites for hydroxylation is 2. The van der Waals surface area contributed by atoms with Crippen LogP contribution < -0.4 is 5.73 Å². The van der Waals surface area contributed by atoms with Crippen molar-refractivity contribution in [1.82, 2.24) is 19.3 Å². The lowest BCUT2D eigenvalue weighted by Crippen LogP contribution is -2.03. The van der Waals surface area contributed by atoms with Crippen LogP contribution >= 0.6 is 0 Å². The molecule has 0 spiro atoms. The van der Waals surface area contributed by atoms with Crippen LogP contribution in [0.3, 0.4) is 0 Å². The summed E-state index contributed by atoms with van der Waals surface area (Å²) in [5, 5.41) is 4.26. The zero-order valence-electron chi connectivity index (χ0n) is 8.31. The summed E-state index contributed by atoms with van der Waals surface area (Å²) in [7, 11) is 1.91. The topological polar surface area (TPSA) is 61.7 Å². The molecule has 0 amide bonds. The number of nitrogen functional groups attached to an aromatic ring is 1. The van der Waals surface area contributed by atoms with Gasteiger partial charge in [-0.1, -0.05) is 0 Å². The summed E-state index contributed by atoms with van der Waals surface area (Å²) in [4.78, 5) is 3.96. The van der Waals surface area contributed by atoms with Crippen LogP contribution in [0.1, 0.15) is 11.3 Å². The van der Waals surface area contributed by atoms with Gasteiger partial charge < -0.3 is 10.3 Å². The van der Waals surface area contributed by atoms with Gasteiger partial charge in [-0.2, -0.15) is 5.10 Å². The minimum Gasteiger partial charge on any atom is -0.369 e. The first-order chi connectivity index (χ1) is 6.66. The summed E-state index contributed by atoms with van der Waals surface area (Å²) in [6, 6.07) is 0. The molecule has 2 aromatic rings. The Morgan fingerprint density at radius 3 is 2.79 bits per heavy atom. The predicted octanol–water partition coefficient (Wildman–Crippen LogP) is 0.556. The third-order valence-electron chi connectivity index (χ3n) is 2.20. The Hall–Kier alpha value is -1.78. The van der Waals surface area contributed by atoms with Crippen LogP contribution in [0.5, 0.6) is 0 Å². The molecule has 0 aliphatic heterocycles. The highest BCUT2D eigenvalue weighted by Gasteiger charge is 2.05. The van der Waals surface area contributed by atoms with E-state index in [1.165, 1.54) is 0 Å². The normalized spacial score (nSPS) is 10.7. The van der Waals surface area contributed by atoms with Crippen molar-refractivity contribution in [3.8, 4) is 0 Å². The van der Waals surface area contributed by atoms with Gasteiger partial charge in [-0.3, -0.25) is 4.68 Å². The molecule has 0 atom stereocenters. The zero-order valence-corrected chi connectivity index (χ0v) is 8.31. The number of imidazole rings is 1. The fraction of sp³-hybridized carbons (Fsp3) is 0.333. The summed E-state index contributed by atoms with van der Waals surface area (Å²) in [5.74, 6) is 0.535. The van der Waals surface area contributed by atoms with Crippen molar-refractivity contribution in [3.05, 3.63) is 29.8 Å². The maximum Gasteiger partial charge on any atom is 0.200 e. The number of aromatic nitrogens is 4. The van der Waals surface area contributed by atoms with Gasteiger partial charge in [-0.15, -0.1) is 0 Å². The quantitative estimate of drug-likeness (QED) is 0.754. The average Bonchev–Trinajstić information content (AvgIpc) is 2.62. The molecule has 0 aliphatic carbocycles. The van der Waals surface area contributed by atoms with E-state index in [4.69, 9.17) is 5.73 Å². The van der Waals surface area contributed by atoms with E-state index in [2.05, 4.69) is 10.1 Å². The van der Waals surface area contributed by atoms with Crippen molar-refractivity contribution in [1.29, 1.82) is 0 Å². The van der Waals surface area contributed by atoms with E-state index in [9.17, 15) is 0 Å². The Labute approximate surface area is 82.2 Å². The maximum absolute atomic E-state index is 5.67. The molecule has 14 heavy (non-hydrogen) atoms. The molecule has 0 unspecified atom stereocenters. The molecule has 0 saturated heterocycles. The average molecular weight is 191 g/mol. The van der Waals surface area contributed by atoms with Gasteiger partial charge in [-0.05, 0) is 6.92 Å². The minimum atomic E-state index is 0.535. The highest BCUT2D eigenvalue weighted by Crippen LogP contribution is 2.09. The number of nitrogens with zero attached hydrogens (tertiary/aromatic N) is 4. The van der Waals surface area contributed by atoms with Crippen molar-refractivity contribution in [2.24, 2.45) is 7.05 Å². The molecule has 2 N–H and O–H groups in total. The lowest BCUT2D eigenvalue weighted by atomic mass is 10.2. The number of nitrogens with two attached hydrogens (primary N) is 1. The van der Waals surface area contributed by atoms with E-state index in [0.29, 0.717) is 5.95 Å². The Morgan fingerprint density at radius 2 is 2.29 bits per heavy atom. The molecule has 0 saturated carbocycles. The molecule has 0 aromatic carbocycles. The first-order valence-corrected chi connectivity index (χ1v) is 4.42. The molecule has 5 heteroatoms. The summed E-state index contributed by atoms with van der Waals surface area (Å²) in [6.45, 7) is 2.72. The molecule has 0 radical (unpaired) electrons. The van der Waals surface area contributed by atoms with Gasteiger partial charge >= 0.3 is 0 Å². The van der Waals surface area contributed by atoms with Gasteiger partial charge in [0.25, 0.3) is 0 Å². The largest absolute Gasteiger partial charge is 0.369 e. The highest BCUT2D eigenvalue weighted by atomic mass is 15.3. The molecular formula is C9H13N5. The predicted molar refractivity (Wildman–Crippen MR) is 53.7 cm³/mol. The number of hydrogen-bond acceptors (Lipinski definition) is 3. The SMILES string of the molecule is Cc1nn(C)cc1Cn1ccnc1N. The first kappa shape index (κ1) is 8.80. The Bertz CT molecular complexity index is 440. The number of anilines is 1. The van der Waals surface area contributed by atoms with Gasteiger partial charge in [0.2, 0.25) is 0 Å². The van der Waals surface area contributed by atoms with Crippen LogP contribution in [0.15, 0.2) is 18.6 Å². The fourth-order valence-electron chi connectivity index (χ4n) is 1.46. The van der Waals surface area contributed by atoms with Crippen molar-refractivity contribution >= 4 is 5.95 Å². The Morgan fingerprint density at radius 1 is 1.50 bits per heavy atom. The van der Waals surface area contributed by atoms with Gasteiger partial charge in [0.1, 0.15) is 0 Å². The standard InChI is InChI=1S/C9H13N5/c1-7-8(5-13(2)12-7)6-14-4-3-11-9(14)10/h3-5H,6H2,1-2H3,(H2,10,11). The van der Waals surface area contributed by atoms with E-state index < -0.39 is 0 Å². The van der Waals surface area contributed by atoms with E-state index in [0.717, 1.165) is 17.8 Å². The van der Waals surface area contributed by atoms with Crippen molar-refractivity contribution in [3.63, 3.8) is 0 Å². The molecule has 5 nitrogen and oxygen atoms in total. The second-order valence-corrected chi connectivity index (χ2v) is 3.33. The van der Waals surface area contributed by atoms with Crippen molar-refractivity contribution in [2.45, 2.75) is 13.5 Å².